The van der Waals surface area contributed by atoms with Gasteiger partial charge in [0.1, 0.15) is 5.82 Å². The van der Waals surface area contributed by atoms with Crippen LogP contribution in [0.1, 0.15) is 5.56 Å². The first-order valence-corrected chi connectivity index (χ1v) is 3.93. The van der Waals surface area contributed by atoms with Crippen LogP contribution in [0.5, 0.6) is 0 Å². The predicted octanol–water partition coefficient (Wildman–Crippen LogP) is 1.17. The molecule has 64 valence electrons. The van der Waals surface area contributed by atoms with Crippen LogP contribution in [-0.2, 0) is 0 Å². The summed E-state index contributed by atoms with van der Waals surface area (Å²) in [5.74, 6) is 4.43. The summed E-state index contributed by atoms with van der Waals surface area (Å²) in [5, 5.41) is 3.19. The van der Waals surface area contributed by atoms with E-state index < -0.39 is 5.82 Å². The fraction of sp³-hybridized carbons (Fsp3) is 0. The summed E-state index contributed by atoms with van der Waals surface area (Å²) in [6.45, 7) is 0. The molecule has 12 heavy (non-hydrogen) atoms. The summed E-state index contributed by atoms with van der Waals surface area (Å²) in [5.41, 5.74) is 5.52. The van der Waals surface area contributed by atoms with Gasteiger partial charge in [-0.2, -0.15) is 5.10 Å². The van der Waals surface area contributed by atoms with Gasteiger partial charge in [0.15, 0.2) is 5.84 Å². The first kappa shape index (κ1) is 8.99. The number of hydrogen-bond acceptors (Lipinski definition) is 2. The van der Waals surface area contributed by atoms with E-state index in [9.17, 15) is 4.39 Å². The molecule has 5 heteroatoms. The lowest BCUT2D eigenvalue weighted by atomic mass is 10.2. The van der Waals surface area contributed by atoms with E-state index in [2.05, 4.69) is 21.0 Å². The highest BCUT2D eigenvalue weighted by Gasteiger charge is 2.05. The number of benzene rings is 1. The van der Waals surface area contributed by atoms with E-state index in [1.54, 1.807) is 6.07 Å². The monoisotopic (exact) mass is 231 g/mol. The smallest absolute Gasteiger partial charge is 0.153 e. The number of amidine groups is 1. The van der Waals surface area contributed by atoms with Gasteiger partial charge in [-0.05, 0) is 18.2 Å². The molecule has 0 saturated carbocycles. The molecular formula is C7H7BrFN3. The molecule has 0 atom stereocenters. The number of halogens is 2. The summed E-state index contributed by atoms with van der Waals surface area (Å²) < 4.78 is 13.7. The quantitative estimate of drug-likeness (QED) is 0.330. The number of nitrogens with zero attached hydrogens (tertiary/aromatic N) is 1. The summed E-state index contributed by atoms with van der Waals surface area (Å²) in [4.78, 5) is 0. The van der Waals surface area contributed by atoms with Crippen molar-refractivity contribution < 1.29 is 4.39 Å². The summed E-state index contributed by atoms with van der Waals surface area (Å²) >= 11 is 3.12. The van der Waals surface area contributed by atoms with Crippen LogP contribution in [-0.4, -0.2) is 5.84 Å². The fourth-order valence-corrected chi connectivity index (χ4v) is 1.10. The SMILES string of the molecule is N/N=C(/N)c1ccc(Br)cc1F. The largest absolute Gasteiger partial charge is 0.382 e. The van der Waals surface area contributed by atoms with Crippen molar-refractivity contribution in [2.24, 2.45) is 16.7 Å². The zero-order valence-corrected chi connectivity index (χ0v) is 7.68. The minimum atomic E-state index is -0.448. The lowest BCUT2D eigenvalue weighted by Gasteiger charge is -2.00. The van der Waals surface area contributed by atoms with Crippen molar-refractivity contribution in [2.45, 2.75) is 0 Å². The number of hydrazone groups is 1. The Kier molecular flexibility index (Phi) is 2.65. The van der Waals surface area contributed by atoms with Crippen LogP contribution in [0.2, 0.25) is 0 Å². The Labute approximate surface area is 77.4 Å². The lowest BCUT2D eigenvalue weighted by molar-refractivity contribution is 0.624. The summed E-state index contributed by atoms with van der Waals surface area (Å²) in [6.07, 6.45) is 0. The van der Waals surface area contributed by atoms with Gasteiger partial charge in [-0.1, -0.05) is 15.9 Å². The molecule has 0 unspecified atom stereocenters. The molecule has 0 aliphatic rings. The van der Waals surface area contributed by atoms with Crippen molar-refractivity contribution in [3.63, 3.8) is 0 Å². The Morgan fingerprint density at radius 3 is 2.67 bits per heavy atom. The van der Waals surface area contributed by atoms with Crippen molar-refractivity contribution in [2.75, 3.05) is 0 Å². The Balaban J connectivity index is 3.18. The molecule has 0 heterocycles. The number of nitrogens with two attached hydrogens (primary N) is 2. The molecule has 1 aromatic carbocycles. The van der Waals surface area contributed by atoms with Crippen LogP contribution in [0.4, 0.5) is 4.39 Å². The third-order valence-corrected chi connectivity index (χ3v) is 1.84. The van der Waals surface area contributed by atoms with Crippen molar-refractivity contribution in [3.05, 3.63) is 34.1 Å². The molecule has 0 aromatic heterocycles. The van der Waals surface area contributed by atoms with Crippen LogP contribution in [0.25, 0.3) is 0 Å². The average molecular weight is 232 g/mol. The Morgan fingerprint density at radius 2 is 2.17 bits per heavy atom. The third-order valence-electron chi connectivity index (χ3n) is 1.35. The van der Waals surface area contributed by atoms with Crippen molar-refractivity contribution in [1.82, 2.24) is 0 Å². The first-order valence-electron chi connectivity index (χ1n) is 3.14. The third kappa shape index (κ3) is 1.73. The van der Waals surface area contributed by atoms with E-state index in [0.29, 0.717) is 4.47 Å². The molecule has 0 radical (unpaired) electrons. The van der Waals surface area contributed by atoms with E-state index in [1.165, 1.54) is 12.1 Å². The maximum absolute atomic E-state index is 13.0. The van der Waals surface area contributed by atoms with Gasteiger partial charge in [0.2, 0.25) is 0 Å². The molecule has 3 nitrogen and oxygen atoms in total. The normalized spacial score (nSPS) is 11.7. The van der Waals surface area contributed by atoms with E-state index in [0.717, 1.165) is 0 Å². The molecular weight excluding hydrogens is 225 g/mol. The highest BCUT2D eigenvalue weighted by molar-refractivity contribution is 9.10. The van der Waals surface area contributed by atoms with E-state index in [4.69, 9.17) is 11.6 Å². The molecule has 0 saturated heterocycles. The average Bonchev–Trinajstić information content (AvgIpc) is 2.03. The predicted molar refractivity (Wildman–Crippen MR) is 49.0 cm³/mol. The second kappa shape index (κ2) is 3.53. The fourth-order valence-electron chi connectivity index (χ4n) is 0.767. The molecule has 0 amide bonds. The molecule has 0 fully saturated rings. The maximum Gasteiger partial charge on any atom is 0.153 e. The molecule has 4 N–H and O–H groups in total. The van der Waals surface area contributed by atoms with Crippen LogP contribution in [0, 0.1) is 5.82 Å². The van der Waals surface area contributed by atoms with Gasteiger partial charge in [-0.3, -0.25) is 0 Å². The van der Waals surface area contributed by atoms with Crippen LogP contribution in [0.3, 0.4) is 0 Å². The number of hydrogen-bond donors (Lipinski definition) is 2. The van der Waals surface area contributed by atoms with E-state index >= 15 is 0 Å². The second-order valence-corrected chi connectivity index (χ2v) is 3.05. The highest BCUT2D eigenvalue weighted by atomic mass is 79.9. The molecule has 0 spiro atoms. The van der Waals surface area contributed by atoms with Crippen LogP contribution < -0.4 is 11.6 Å². The van der Waals surface area contributed by atoms with Crippen LogP contribution >= 0.6 is 15.9 Å². The molecule has 0 aliphatic carbocycles. The highest BCUT2D eigenvalue weighted by Crippen LogP contribution is 2.14. The second-order valence-electron chi connectivity index (χ2n) is 2.14. The summed E-state index contributed by atoms with van der Waals surface area (Å²) in [7, 11) is 0. The minimum absolute atomic E-state index is 0.0139. The van der Waals surface area contributed by atoms with Gasteiger partial charge < -0.3 is 11.6 Å². The van der Waals surface area contributed by atoms with Crippen molar-refractivity contribution in [3.8, 4) is 0 Å². The zero-order valence-electron chi connectivity index (χ0n) is 6.09. The topological polar surface area (TPSA) is 64.4 Å². The van der Waals surface area contributed by atoms with Gasteiger partial charge >= 0.3 is 0 Å². The van der Waals surface area contributed by atoms with E-state index in [-0.39, 0.29) is 11.4 Å². The standard InChI is InChI=1S/C7H7BrFN3/c8-4-1-2-5(6(9)3-4)7(10)12-11/h1-3H,11H2,(H2,10,12). The van der Waals surface area contributed by atoms with E-state index in [1.807, 2.05) is 0 Å². The Bertz CT molecular complexity index is 324. The van der Waals surface area contributed by atoms with Gasteiger partial charge in [0.05, 0.1) is 5.56 Å². The van der Waals surface area contributed by atoms with Crippen molar-refractivity contribution in [1.29, 1.82) is 0 Å². The van der Waals surface area contributed by atoms with Crippen LogP contribution in [0.15, 0.2) is 27.8 Å². The number of rotatable bonds is 1. The first-order chi connectivity index (χ1) is 5.65. The molecule has 1 rings (SSSR count). The lowest BCUT2D eigenvalue weighted by Crippen LogP contribution is -2.17. The Hall–Kier alpha value is -1.10. The maximum atomic E-state index is 13.0. The summed E-state index contributed by atoms with van der Waals surface area (Å²) in [6, 6.07) is 4.47. The van der Waals surface area contributed by atoms with Gasteiger partial charge in [-0.25, -0.2) is 4.39 Å². The molecule has 1 aromatic rings. The van der Waals surface area contributed by atoms with Gasteiger partial charge in [0.25, 0.3) is 0 Å². The molecule has 0 aliphatic heterocycles. The van der Waals surface area contributed by atoms with Gasteiger partial charge in [0, 0.05) is 4.47 Å². The zero-order chi connectivity index (χ0) is 9.14. The minimum Gasteiger partial charge on any atom is -0.382 e. The van der Waals surface area contributed by atoms with Crippen molar-refractivity contribution >= 4 is 21.8 Å². The molecule has 0 bridgehead atoms. The Morgan fingerprint density at radius 1 is 1.50 bits per heavy atom. The van der Waals surface area contributed by atoms with Gasteiger partial charge in [-0.15, -0.1) is 0 Å².